The van der Waals surface area contributed by atoms with Crippen LogP contribution in [0.15, 0.2) is 24.3 Å². The minimum atomic E-state index is 0.217. The molecule has 0 atom stereocenters. The molecule has 2 heteroatoms. The molecule has 0 aliphatic carbocycles. The van der Waals surface area contributed by atoms with Gasteiger partial charge >= 0.3 is 0 Å². The van der Waals surface area contributed by atoms with Gasteiger partial charge in [-0.2, -0.15) is 0 Å². The molecule has 2 nitrogen and oxygen atoms in total. The van der Waals surface area contributed by atoms with Gasteiger partial charge in [0, 0.05) is 0 Å². The average Bonchev–Trinajstić information content (AvgIpc) is 2.39. The van der Waals surface area contributed by atoms with Crippen molar-refractivity contribution in [3.63, 3.8) is 0 Å². The minimum absolute atomic E-state index is 0.217. The molecule has 1 aromatic carbocycles. The maximum absolute atomic E-state index is 5.72. The van der Waals surface area contributed by atoms with E-state index < -0.39 is 0 Å². The zero-order chi connectivity index (χ0) is 13.9. The summed E-state index contributed by atoms with van der Waals surface area (Å²) in [5.74, 6) is 1.84. The van der Waals surface area contributed by atoms with Crippen LogP contribution in [0.25, 0.3) is 0 Å². The smallest absolute Gasteiger partial charge is 0.119 e. The van der Waals surface area contributed by atoms with Crippen LogP contribution in [0.1, 0.15) is 59.3 Å². The summed E-state index contributed by atoms with van der Waals surface area (Å²) in [6.07, 6.45) is 7.99. The van der Waals surface area contributed by atoms with Crippen molar-refractivity contribution in [2.75, 3.05) is 6.61 Å². The predicted molar refractivity (Wildman–Crippen MR) is 81.1 cm³/mol. The molecule has 0 unspecified atom stereocenters. The Hall–Kier alpha value is -1.18. The van der Waals surface area contributed by atoms with E-state index in [9.17, 15) is 0 Å². The Morgan fingerprint density at radius 1 is 0.842 bits per heavy atom. The van der Waals surface area contributed by atoms with Crippen molar-refractivity contribution in [2.24, 2.45) is 0 Å². The summed E-state index contributed by atoms with van der Waals surface area (Å²) in [4.78, 5) is 0. The zero-order valence-electron chi connectivity index (χ0n) is 12.7. The Kier molecular flexibility index (Phi) is 8.11. The number of benzene rings is 1. The molecule has 0 spiro atoms. The number of hydrogen-bond acceptors (Lipinski definition) is 2. The van der Waals surface area contributed by atoms with Crippen LogP contribution in [-0.4, -0.2) is 12.7 Å². The van der Waals surface area contributed by atoms with E-state index in [0.717, 1.165) is 24.5 Å². The van der Waals surface area contributed by atoms with Crippen molar-refractivity contribution in [1.82, 2.24) is 0 Å². The van der Waals surface area contributed by atoms with E-state index in [1.54, 1.807) is 0 Å². The topological polar surface area (TPSA) is 18.5 Å². The maximum Gasteiger partial charge on any atom is 0.119 e. The average molecular weight is 264 g/mol. The van der Waals surface area contributed by atoms with Gasteiger partial charge in [0.15, 0.2) is 0 Å². The first kappa shape index (κ1) is 15.9. The van der Waals surface area contributed by atoms with Crippen LogP contribution in [0.4, 0.5) is 0 Å². The van der Waals surface area contributed by atoms with Gasteiger partial charge in [-0.1, -0.05) is 39.0 Å². The molecule has 0 amide bonds. The second kappa shape index (κ2) is 9.71. The fraction of sp³-hybridized carbons (Fsp3) is 0.647. The Labute approximate surface area is 118 Å². The highest BCUT2D eigenvalue weighted by Gasteiger charge is 1.98. The lowest BCUT2D eigenvalue weighted by atomic mass is 10.1. The second-order valence-electron chi connectivity index (χ2n) is 5.25. The monoisotopic (exact) mass is 264 g/mol. The van der Waals surface area contributed by atoms with Crippen LogP contribution in [0.3, 0.4) is 0 Å². The quantitative estimate of drug-likeness (QED) is 0.540. The lowest BCUT2D eigenvalue weighted by Crippen LogP contribution is -2.05. The summed E-state index contributed by atoms with van der Waals surface area (Å²) >= 11 is 0. The molecule has 0 aliphatic heterocycles. The molecule has 0 bridgehead atoms. The summed E-state index contributed by atoms with van der Waals surface area (Å²) < 4.78 is 11.3. The summed E-state index contributed by atoms with van der Waals surface area (Å²) in [5.41, 5.74) is 0. The van der Waals surface area contributed by atoms with Gasteiger partial charge in [0.1, 0.15) is 11.5 Å². The fourth-order valence-corrected chi connectivity index (χ4v) is 1.96. The molecule has 0 N–H and O–H groups in total. The largest absolute Gasteiger partial charge is 0.494 e. The highest BCUT2D eigenvalue weighted by Crippen LogP contribution is 2.19. The van der Waals surface area contributed by atoms with Crippen LogP contribution >= 0.6 is 0 Å². The fourth-order valence-electron chi connectivity index (χ4n) is 1.96. The third-order valence-electron chi connectivity index (χ3n) is 2.96. The number of unbranched alkanes of at least 4 members (excludes halogenated alkanes) is 5. The summed E-state index contributed by atoms with van der Waals surface area (Å²) in [6, 6.07) is 7.90. The minimum Gasteiger partial charge on any atom is -0.494 e. The molecule has 108 valence electrons. The van der Waals surface area contributed by atoms with Gasteiger partial charge in [-0.3, -0.25) is 0 Å². The molecule has 19 heavy (non-hydrogen) atoms. The van der Waals surface area contributed by atoms with Gasteiger partial charge in [-0.05, 0) is 44.5 Å². The van der Waals surface area contributed by atoms with Gasteiger partial charge in [-0.25, -0.2) is 0 Å². The van der Waals surface area contributed by atoms with Crippen molar-refractivity contribution in [3.8, 4) is 11.5 Å². The number of hydrogen-bond donors (Lipinski definition) is 0. The number of ether oxygens (including phenoxy) is 2. The van der Waals surface area contributed by atoms with Gasteiger partial charge in [0.2, 0.25) is 0 Å². The van der Waals surface area contributed by atoms with Gasteiger partial charge in [-0.15, -0.1) is 0 Å². The highest BCUT2D eigenvalue weighted by atomic mass is 16.5. The first-order valence-corrected chi connectivity index (χ1v) is 7.62. The first-order chi connectivity index (χ1) is 9.22. The second-order valence-corrected chi connectivity index (χ2v) is 5.25. The molecule has 0 saturated carbocycles. The van der Waals surface area contributed by atoms with E-state index >= 15 is 0 Å². The van der Waals surface area contributed by atoms with Crippen molar-refractivity contribution < 1.29 is 9.47 Å². The Bertz CT molecular complexity index is 317. The van der Waals surface area contributed by atoms with Crippen LogP contribution < -0.4 is 9.47 Å². The van der Waals surface area contributed by atoms with E-state index in [4.69, 9.17) is 9.47 Å². The van der Waals surface area contributed by atoms with Crippen LogP contribution in [0.2, 0.25) is 0 Å². The summed E-state index contributed by atoms with van der Waals surface area (Å²) in [6.45, 7) is 7.12. The maximum atomic E-state index is 5.72. The SMILES string of the molecule is CCCCCCCCOc1ccc(OC(C)C)cc1. The molecule has 1 rings (SSSR count). The molecular formula is C17H28O2. The third-order valence-corrected chi connectivity index (χ3v) is 2.96. The molecule has 0 radical (unpaired) electrons. The molecule has 1 aromatic rings. The lowest BCUT2D eigenvalue weighted by molar-refractivity contribution is 0.241. The molecule has 0 fully saturated rings. The Morgan fingerprint density at radius 3 is 2.05 bits per heavy atom. The molecule has 0 aromatic heterocycles. The van der Waals surface area contributed by atoms with Gasteiger partial charge in [0.25, 0.3) is 0 Å². The van der Waals surface area contributed by atoms with Crippen LogP contribution in [0.5, 0.6) is 11.5 Å². The molecular weight excluding hydrogens is 236 g/mol. The normalized spacial score (nSPS) is 10.7. The Balaban J connectivity index is 2.12. The van der Waals surface area contributed by atoms with E-state index in [2.05, 4.69) is 6.92 Å². The number of rotatable bonds is 10. The lowest BCUT2D eigenvalue weighted by Gasteiger charge is -2.10. The van der Waals surface area contributed by atoms with E-state index in [1.807, 2.05) is 38.1 Å². The van der Waals surface area contributed by atoms with E-state index in [0.29, 0.717) is 0 Å². The summed E-state index contributed by atoms with van der Waals surface area (Å²) in [7, 11) is 0. The van der Waals surface area contributed by atoms with Crippen LogP contribution in [0, 0.1) is 0 Å². The van der Waals surface area contributed by atoms with Gasteiger partial charge in [0.05, 0.1) is 12.7 Å². The molecule has 0 heterocycles. The van der Waals surface area contributed by atoms with E-state index in [1.165, 1.54) is 32.1 Å². The van der Waals surface area contributed by atoms with E-state index in [-0.39, 0.29) is 6.10 Å². The standard InChI is InChI=1S/C17H28O2/c1-4-5-6-7-8-9-14-18-16-10-12-17(13-11-16)19-15(2)3/h10-13,15H,4-9,14H2,1-3H3. The highest BCUT2D eigenvalue weighted by molar-refractivity contribution is 5.31. The summed E-state index contributed by atoms with van der Waals surface area (Å²) in [5, 5.41) is 0. The van der Waals surface area contributed by atoms with Crippen molar-refractivity contribution in [3.05, 3.63) is 24.3 Å². The van der Waals surface area contributed by atoms with Crippen molar-refractivity contribution in [2.45, 2.75) is 65.4 Å². The predicted octanol–water partition coefficient (Wildman–Crippen LogP) is 5.21. The van der Waals surface area contributed by atoms with Crippen LogP contribution in [-0.2, 0) is 0 Å². The van der Waals surface area contributed by atoms with Gasteiger partial charge < -0.3 is 9.47 Å². The van der Waals surface area contributed by atoms with Crippen molar-refractivity contribution >= 4 is 0 Å². The Morgan fingerprint density at radius 2 is 1.42 bits per heavy atom. The molecule has 0 aliphatic rings. The first-order valence-electron chi connectivity index (χ1n) is 7.62. The van der Waals surface area contributed by atoms with Crippen molar-refractivity contribution in [1.29, 1.82) is 0 Å². The molecule has 0 saturated heterocycles. The zero-order valence-corrected chi connectivity index (χ0v) is 12.7. The third kappa shape index (κ3) is 7.76.